The Balaban J connectivity index is 2.07. The predicted molar refractivity (Wildman–Crippen MR) is 71.8 cm³/mol. The zero-order valence-electron chi connectivity index (χ0n) is 12.5. The highest BCUT2D eigenvalue weighted by molar-refractivity contribution is 4.91. The molecule has 2 aliphatic rings. The van der Waals surface area contributed by atoms with Gasteiger partial charge in [0.05, 0.1) is 19.3 Å². The summed E-state index contributed by atoms with van der Waals surface area (Å²) >= 11 is 0. The van der Waals surface area contributed by atoms with Crippen molar-refractivity contribution in [1.29, 1.82) is 0 Å². The maximum atomic E-state index is 9.95. The van der Waals surface area contributed by atoms with Crippen LogP contribution in [0.4, 0.5) is 0 Å². The molecule has 2 fully saturated rings. The largest absolute Gasteiger partial charge is 0.394 e. The van der Waals surface area contributed by atoms with Gasteiger partial charge in [0.15, 0.2) is 12.6 Å². The van der Waals surface area contributed by atoms with E-state index >= 15 is 0 Å². The molecule has 0 aromatic carbocycles. The average molecular weight is 340 g/mol. The Labute approximate surface area is 132 Å². The quantitative estimate of drug-likeness (QED) is 0.267. The van der Waals surface area contributed by atoms with Crippen molar-refractivity contribution in [2.45, 2.75) is 62.2 Å². The molecule has 0 spiro atoms. The highest BCUT2D eigenvalue weighted by atomic mass is 16.8. The lowest BCUT2D eigenvalue weighted by atomic mass is 9.92. The SMILES string of the molecule is C[C@@H]1C(O)[C@H](O)C(CO)O[C@@H]1O[C@H]1OC(CO)[C@@H](O)[C@H](O)C1O. The molecule has 0 saturated carbocycles. The van der Waals surface area contributed by atoms with Gasteiger partial charge < -0.3 is 50.0 Å². The molecule has 7 N–H and O–H groups in total. The Hall–Kier alpha value is -0.400. The number of hydrogen-bond donors (Lipinski definition) is 7. The van der Waals surface area contributed by atoms with E-state index in [0.29, 0.717) is 0 Å². The fourth-order valence-corrected chi connectivity index (χ4v) is 2.69. The summed E-state index contributed by atoms with van der Waals surface area (Å²) < 4.78 is 15.9. The van der Waals surface area contributed by atoms with Crippen molar-refractivity contribution in [1.82, 2.24) is 0 Å². The Morgan fingerprint density at radius 3 is 1.70 bits per heavy atom. The van der Waals surface area contributed by atoms with Crippen LogP contribution in [0, 0.1) is 5.92 Å². The van der Waals surface area contributed by atoms with Crippen molar-refractivity contribution >= 4 is 0 Å². The molecule has 0 radical (unpaired) electrons. The first-order valence-electron chi connectivity index (χ1n) is 7.40. The van der Waals surface area contributed by atoms with Gasteiger partial charge in [-0.15, -0.1) is 0 Å². The van der Waals surface area contributed by atoms with E-state index in [9.17, 15) is 25.5 Å². The number of aliphatic hydroxyl groups is 7. The van der Waals surface area contributed by atoms with Gasteiger partial charge >= 0.3 is 0 Å². The van der Waals surface area contributed by atoms with Gasteiger partial charge in [-0.2, -0.15) is 0 Å². The van der Waals surface area contributed by atoms with Crippen LogP contribution in [0.2, 0.25) is 0 Å². The maximum absolute atomic E-state index is 9.95. The summed E-state index contributed by atoms with van der Waals surface area (Å²) in [4.78, 5) is 0. The molecule has 2 rings (SSSR count). The Bertz CT molecular complexity index is 344. The van der Waals surface area contributed by atoms with E-state index < -0.39 is 74.4 Å². The summed E-state index contributed by atoms with van der Waals surface area (Å²) in [6, 6.07) is 0. The van der Waals surface area contributed by atoms with Crippen LogP contribution in [0.5, 0.6) is 0 Å². The van der Waals surface area contributed by atoms with Gasteiger partial charge in [-0.25, -0.2) is 0 Å². The van der Waals surface area contributed by atoms with Crippen molar-refractivity contribution in [3.63, 3.8) is 0 Å². The standard InChI is InChI=1S/C13H24O10/c1-4-7(16)8(17)5(2-14)21-12(4)23-13-11(20)10(19)9(18)6(3-15)22-13/h4-20H,2-3H2,1H3/t4-,5?,6?,7?,8-,9-,10+,11?,12-,13-/m1/s1. The second-order valence-corrected chi connectivity index (χ2v) is 5.90. The Kier molecular flexibility index (Phi) is 6.30. The van der Waals surface area contributed by atoms with Crippen molar-refractivity contribution < 1.29 is 50.0 Å². The summed E-state index contributed by atoms with van der Waals surface area (Å²) in [5, 5.41) is 67.3. The van der Waals surface area contributed by atoms with Crippen molar-refractivity contribution in [3.05, 3.63) is 0 Å². The van der Waals surface area contributed by atoms with Gasteiger partial charge in [0.25, 0.3) is 0 Å². The van der Waals surface area contributed by atoms with Crippen LogP contribution in [0.3, 0.4) is 0 Å². The minimum atomic E-state index is -1.61. The molecule has 10 heteroatoms. The lowest BCUT2D eigenvalue weighted by Crippen LogP contribution is -2.62. The summed E-state index contributed by atoms with van der Waals surface area (Å²) in [5.41, 5.74) is 0. The van der Waals surface area contributed by atoms with E-state index in [1.807, 2.05) is 0 Å². The first-order chi connectivity index (χ1) is 10.8. The molecule has 2 saturated heterocycles. The molecular formula is C13H24O10. The number of ether oxygens (including phenoxy) is 3. The molecule has 2 heterocycles. The van der Waals surface area contributed by atoms with Gasteiger partial charge in [-0.05, 0) is 0 Å². The third-order valence-corrected chi connectivity index (χ3v) is 4.30. The van der Waals surface area contributed by atoms with E-state index in [1.165, 1.54) is 6.92 Å². The molecule has 0 bridgehead atoms. The molecule has 0 aromatic heterocycles. The highest BCUT2D eigenvalue weighted by Gasteiger charge is 2.48. The number of rotatable bonds is 4. The Morgan fingerprint density at radius 1 is 0.696 bits per heavy atom. The molecule has 0 aliphatic carbocycles. The maximum Gasteiger partial charge on any atom is 0.189 e. The van der Waals surface area contributed by atoms with Crippen LogP contribution in [-0.4, -0.2) is 104 Å². The van der Waals surface area contributed by atoms with E-state index in [2.05, 4.69) is 0 Å². The van der Waals surface area contributed by atoms with Crippen LogP contribution in [0.15, 0.2) is 0 Å². The van der Waals surface area contributed by atoms with Gasteiger partial charge in [-0.3, -0.25) is 0 Å². The molecule has 2 aliphatic heterocycles. The van der Waals surface area contributed by atoms with Crippen molar-refractivity contribution in [2.75, 3.05) is 13.2 Å². The normalized spacial score (nSPS) is 51.7. The lowest BCUT2D eigenvalue weighted by molar-refractivity contribution is -0.369. The summed E-state index contributed by atoms with van der Waals surface area (Å²) in [6.07, 6.45) is -12.1. The fraction of sp³-hybridized carbons (Fsp3) is 1.00. The van der Waals surface area contributed by atoms with Gasteiger partial charge in [0.1, 0.15) is 36.6 Å². The van der Waals surface area contributed by atoms with Crippen LogP contribution < -0.4 is 0 Å². The van der Waals surface area contributed by atoms with Crippen molar-refractivity contribution in [2.24, 2.45) is 5.92 Å². The monoisotopic (exact) mass is 340 g/mol. The molecular weight excluding hydrogens is 316 g/mol. The molecule has 0 aromatic rings. The molecule has 10 nitrogen and oxygen atoms in total. The van der Waals surface area contributed by atoms with E-state index in [0.717, 1.165) is 0 Å². The summed E-state index contributed by atoms with van der Waals surface area (Å²) in [7, 11) is 0. The third-order valence-electron chi connectivity index (χ3n) is 4.30. The number of aliphatic hydroxyl groups excluding tert-OH is 7. The highest BCUT2D eigenvalue weighted by Crippen LogP contribution is 2.30. The zero-order chi connectivity index (χ0) is 17.3. The van der Waals surface area contributed by atoms with E-state index in [1.54, 1.807) is 0 Å². The second kappa shape index (κ2) is 7.66. The summed E-state index contributed by atoms with van der Waals surface area (Å²) in [5.74, 6) is -0.722. The smallest absolute Gasteiger partial charge is 0.189 e. The second-order valence-electron chi connectivity index (χ2n) is 5.90. The zero-order valence-corrected chi connectivity index (χ0v) is 12.5. The molecule has 4 unspecified atom stereocenters. The predicted octanol–water partition coefficient (Wildman–Crippen LogP) is -4.12. The van der Waals surface area contributed by atoms with E-state index in [4.69, 9.17) is 24.4 Å². The van der Waals surface area contributed by atoms with Gasteiger partial charge in [-0.1, -0.05) is 6.92 Å². The topological polar surface area (TPSA) is 169 Å². The molecule has 10 atom stereocenters. The van der Waals surface area contributed by atoms with Crippen LogP contribution in [0.1, 0.15) is 6.92 Å². The van der Waals surface area contributed by atoms with Crippen molar-refractivity contribution in [3.8, 4) is 0 Å². The molecule has 136 valence electrons. The molecule has 23 heavy (non-hydrogen) atoms. The van der Waals surface area contributed by atoms with Crippen LogP contribution in [0.25, 0.3) is 0 Å². The lowest BCUT2D eigenvalue weighted by Gasteiger charge is -2.45. The first kappa shape index (κ1) is 18.9. The fourth-order valence-electron chi connectivity index (χ4n) is 2.69. The van der Waals surface area contributed by atoms with E-state index in [-0.39, 0.29) is 0 Å². The van der Waals surface area contributed by atoms with Gasteiger partial charge in [0, 0.05) is 5.92 Å². The minimum Gasteiger partial charge on any atom is -0.394 e. The first-order valence-corrected chi connectivity index (χ1v) is 7.40. The van der Waals surface area contributed by atoms with Gasteiger partial charge in [0.2, 0.25) is 0 Å². The third kappa shape index (κ3) is 3.66. The molecule has 0 amide bonds. The van der Waals surface area contributed by atoms with Crippen LogP contribution >= 0.6 is 0 Å². The average Bonchev–Trinajstić information content (AvgIpc) is 2.55. The summed E-state index contributed by atoms with van der Waals surface area (Å²) in [6.45, 7) is 0.363. The van der Waals surface area contributed by atoms with Crippen LogP contribution in [-0.2, 0) is 14.2 Å². The Morgan fingerprint density at radius 2 is 1.17 bits per heavy atom. The minimum absolute atomic E-state index is 0.556. The number of hydrogen-bond acceptors (Lipinski definition) is 10.